The van der Waals surface area contributed by atoms with E-state index in [-0.39, 0.29) is 23.3 Å². The van der Waals surface area contributed by atoms with Crippen molar-refractivity contribution in [1.29, 1.82) is 0 Å². The van der Waals surface area contributed by atoms with Crippen molar-refractivity contribution in [3.05, 3.63) is 53.5 Å². The first-order chi connectivity index (χ1) is 13.4. The van der Waals surface area contributed by atoms with E-state index in [0.717, 1.165) is 29.1 Å². The molecule has 4 rings (SSSR count). The molecule has 1 N–H and O–H groups in total. The molecule has 1 aliphatic rings. The lowest BCUT2D eigenvalue weighted by Crippen LogP contribution is -2.41. The van der Waals surface area contributed by atoms with Crippen molar-refractivity contribution in [3.63, 3.8) is 0 Å². The number of ether oxygens (including phenoxy) is 1. The van der Waals surface area contributed by atoms with Crippen LogP contribution in [0, 0.1) is 6.92 Å². The van der Waals surface area contributed by atoms with E-state index in [1.165, 1.54) is 0 Å². The van der Waals surface area contributed by atoms with Gasteiger partial charge in [-0.2, -0.15) is 5.10 Å². The third-order valence-electron chi connectivity index (χ3n) is 5.09. The summed E-state index contributed by atoms with van der Waals surface area (Å²) >= 11 is 0. The van der Waals surface area contributed by atoms with Crippen LogP contribution in [-0.2, 0) is 6.54 Å². The highest BCUT2D eigenvalue weighted by Gasteiger charge is 2.35. The minimum atomic E-state index is -0.370. The Bertz CT molecular complexity index is 1020. The maximum absolute atomic E-state index is 12.8. The maximum atomic E-state index is 12.8. The predicted molar refractivity (Wildman–Crippen MR) is 104 cm³/mol. The number of para-hydroxylation sites is 1. The van der Waals surface area contributed by atoms with Gasteiger partial charge < -0.3 is 14.6 Å². The molecule has 3 aromatic rings. The minimum absolute atomic E-state index is 0.162. The highest BCUT2D eigenvalue weighted by molar-refractivity contribution is 5.92. The fourth-order valence-corrected chi connectivity index (χ4v) is 3.69. The van der Waals surface area contributed by atoms with Crippen LogP contribution in [0.25, 0.3) is 11.3 Å². The van der Waals surface area contributed by atoms with Crippen molar-refractivity contribution in [2.75, 3.05) is 0 Å². The number of benzene rings is 1. The van der Waals surface area contributed by atoms with Crippen LogP contribution in [0.2, 0.25) is 0 Å². The topological polar surface area (TPSA) is 82.2 Å². The molecule has 0 radical (unpaired) electrons. The summed E-state index contributed by atoms with van der Waals surface area (Å²) < 4.78 is 13.2. The van der Waals surface area contributed by atoms with E-state index in [0.29, 0.717) is 12.1 Å². The van der Waals surface area contributed by atoms with Gasteiger partial charge in [-0.1, -0.05) is 23.4 Å². The zero-order valence-electron chi connectivity index (χ0n) is 16.5. The fraction of sp³-hybridized carbons (Fsp3) is 0.381. The summed E-state index contributed by atoms with van der Waals surface area (Å²) in [7, 11) is 0. The van der Waals surface area contributed by atoms with E-state index in [1.807, 2.05) is 56.6 Å². The summed E-state index contributed by atoms with van der Waals surface area (Å²) in [5, 5.41) is 11.5. The van der Waals surface area contributed by atoms with Crippen molar-refractivity contribution >= 4 is 5.91 Å². The smallest absolute Gasteiger partial charge is 0.290 e. The largest absolute Gasteiger partial charge is 0.487 e. The summed E-state index contributed by atoms with van der Waals surface area (Å²) in [4.78, 5) is 12.8. The summed E-state index contributed by atoms with van der Waals surface area (Å²) in [5.41, 5.74) is 3.06. The lowest BCUT2D eigenvalue weighted by Gasteiger charge is -2.37. The number of hydrogen-bond donors (Lipinski definition) is 1. The Hall–Kier alpha value is -3.09. The molecule has 1 amide bonds. The molecule has 0 bridgehead atoms. The van der Waals surface area contributed by atoms with Gasteiger partial charge in [-0.25, -0.2) is 0 Å². The number of carbonyl (C=O) groups is 1. The molecule has 7 heteroatoms. The average Bonchev–Trinajstić information content (AvgIpc) is 3.27. The van der Waals surface area contributed by atoms with Crippen LogP contribution in [0.1, 0.15) is 55.0 Å². The van der Waals surface area contributed by atoms with Gasteiger partial charge in [0.15, 0.2) is 0 Å². The Morgan fingerprint density at radius 3 is 2.89 bits per heavy atom. The van der Waals surface area contributed by atoms with Crippen molar-refractivity contribution in [2.24, 2.45) is 0 Å². The summed E-state index contributed by atoms with van der Waals surface area (Å²) in [6, 6.07) is 9.28. The Morgan fingerprint density at radius 1 is 1.36 bits per heavy atom. The highest BCUT2D eigenvalue weighted by Crippen LogP contribution is 2.39. The summed E-state index contributed by atoms with van der Waals surface area (Å²) in [6.45, 7) is 8.81. The second kappa shape index (κ2) is 6.82. The molecule has 0 fully saturated rings. The summed E-state index contributed by atoms with van der Waals surface area (Å²) in [6.07, 6.45) is 2.41. The molecule has 0 spiro atoms. The van der Waals surface area contributed by atoms with Gasteiger partial charge in [0.25, 0.3) is 5.91 Å². The molecule has 0 unspecified atom stereocenters. The van der Waals surface area contributed by atoms with Crippen LogP contribution in [0.5, 0.6) is 5.75 Å². The quantitative estimate of drug-likeness (QED) is 0.742. The molecule has 146 valence electrons. The van der Waals surface area contributed by atoms with Crippen LogP contribution < -0.4 is 10.1 Å². The Balaban J connectivity index is 1.56. The molecular weight excluding hydrogens is 356 g/mol. The number of rotatable bonds is 4. The lowest BCUT2D eigenvalue weighted by molar-refractivity contribution is 0.0609. The van der Waals surface area contributed by atoms with E-state index in [1.54, 1.807) is 12.3 Å². The van der Waals surface area contributed by atoms with Crippen LogP contribution in [0.3, 0.4) is 0 Å². The van der Waals surface area contributed by atoms with Gasteiger partial charge in [-0.3, -0.25) is 9.48 Å². The molecule has 28 heavy (non-hydrogen) atoms. The number of carbonyl (C=O) groups excluding carboxylic acids is 1. The molecule has 1 atom stereocenters. The molecule has 1 aromatic carbocycles. The minimum Gasteiger partial charge on any atom is -0.487 e. The zero-order valence-corrected chi connectivity index (χ0v) is 16.5. The van der Waals surface area contributed by atoms with Crippen molar-refractivity contribution in [3.8, 4) is 17.0 Å². The van der Waals surface area contributed by atoms with Gasteiger partial charge in [0.1, 0.15) is 17.0 Å². The van der Waals surface area contributed by atoms with Crippen LogP contribution in [0.15, 0.2) is 41.1 Å². The number of fused-ring (bicyclic) bond motifs is 1. The maximum Gasteiger partial charge on any atom is 0.290 e. The molecule has 2 aromatic heterocycles. The first kappa shape index (κ1) is 18.3. The third-order valence-corrected chi connectivity index (χ3v) is 5.09. The number of hydrogen-bond acceptors (Lipinski definition) is 5. The van der Waals surface area contributed by atoms with Gasteiger partial charge in [-0.05, 0) is 33.8 Å². The number of nitrogens with one attached hydrogen (secondary N) is 1. The molecule has 7 nitrogen and oxygen atoms in total. The Kier molecular flexibility index (Phi) is 4.45. The molecule has 0 saturated carbocycles. The van der Waals surface area contributed by atoms with E-state index in [9.17, 15) is 4.79 Å². The Labute approximate surface area is 163 Å². The van der Waals surface area contributed by atoms with Crippen molar-refractivity contribution in [2.45, 2.75) is 52.3 Å². The standard InChI is InChI=1S/C21H24N4O3/c1-5-25-13(2)15(12-22-25)16-10-19(28-24-16)20(26)23-17-11-21(3,4)27-18-9-7-6-8-14(17)18/h6-10,12,17H,5,11H2,1-4H3,(H,23,26)/t17-/m0/s1. The van der Waals surface area contributed by atoms with E-state index in [4.69, 9.17) is 9.26 Å². The number of nitrogens with zero attached hydrogens (tertiary/aromatic N) is 3. The molecule has 1 aliphatic heterocycles. The zero-order chi connectivity index (χ0) is 19.9. The molecule has 0 saturated heterocycles. The normalized spacial score (nSPS) is 17.6. The van der Waals surface area contributed by atoms with Gasteiger partial charge in [0.05, 0.1) is 12.2 Å². The van der Waals surface area contributed by atoms with Crippen LogP contribution in [-0.4, -0.2) is 26.4 Å². The number of aryl methyl sites for hydroxylation is 1. The second-order valence-electron chi connectivity index (χ2n) is 7.67. The third kappa shape index (κ3) is 3.28. The van der Waals surface area contributed by atoms with Gasteiger partial charge in [-0.15, -0.1) is 0 Å². The summed E-state index contributed by atoms with van der Waals surface area (Å²) in [5.74, 6) is 0.683. The van der Waals surface area contributed by atoms with Crippen LogP contribution in [0.4, 0.5) is 0 Å². The first-order valence-electron chi connectivity index (χ1n) is 9.46. The SMILES string of the molecule is CCn1ncc(-c2cc(C(=O)N[C@H]3CC(C)(C)Oc4ccccc43)on2)c1C. The van der Waals surface area contributed by atoms with Crippen molar-refractivity contribution in [1.82, 2.24) is 20.3 Å². The molecule has 0 aliphatic carbocycles. The lowest BCUT2D eigenvalue weighted by atomic mass is 9.89. The van der Waals surface area contributed by atoms with E-state index >= 15 is 0 Å². The second-order valence-corrected chi connectivity index (χ2v) is 7.67. The van der Waals surface area contributed by atoms with Gasteiger partial charge in [0.2, 0.25) is 5.76 Å². The molecule has 3 heterocycles. The first-order valence-corrected chi connectivity index (χ1v) is 9.46. The van der Waals surface area contributed by atoms with E-state index < -0.39 is 0 Å². The fourth-order valence-electron chi connectivity index (χ4n) is 3.69. The van der Waals surface area contributed by atoms with Crippen LogP contribution >= 0.6 is 0 Å². The average molecular weight is 380 g/mol. The number of aromatic nitrogens is 3. The number of amides is 1. The monoisotopic (exact) mass is 380 g/mol. The predicted octanol–water partition coefficient (Wildman–Crippen LogP) is 3.90. The highest BCUT2D eigenvalue weighted by atomic mass is 16.5. The van der Waals surface area contributed by atoms with Gasteiger partial charge >= 0.3 is 0 Å². The van der Waals surface area contributed by atoms with Crippen molar-refractivity contribution < 1.29 is 14.1 Å². The van der Waals surface area contributed by atoms with Gasteiger partial charge in [0, 0.05) is 35.9 Å². The van der Waals surface area contributed by atoms with E-state index in [2.05, 4.69) is 15.6 Å². The molecular formula is C21H24N4O3. The Morgan fingerprint density at radius 2 is 2.14 bits per heavy atom.